The summed E-state index contributed by atoms with van der Waals surface area (Å²) in [7, 11) is 0. The average molecular weight is 365 g/mol. The second-order valence-electron chi connectivity index (χ2n) is 6.20. The molecule has 0 radical (unpaired) electrons. The van der Waals surface area contributed by atoms with Crippen LogP contribution in [0, 0.1) is 13.8 Å². The van der Waals surface area contributed by atoms with Crippen LogP contribution < -0.4 is 10.1 Å². The predicted molar refractivity (Wildman–Crippen MR) is 93.9 cm³/mol. The highest BCUT2D eigenvalue weighted by Crippen LogP contribution is 2.29. The van der Waals surface area contributed by atoms with Gasteiger partial charge in [0.15, 0.2) is 6.10 Å². The summed E-state index contributed by atoms with van der Waals surface area (Å²) in [6.07, 6.45) is -4.66. The molecule has 0 aliphatic carbocycles. The van der Waals surface area contributed by atoms with Gasteiger partial charge in [-0.2, -0.15) is 13.2 Å². The number of rotatable bonds is 6. The molecule has 1 N–H and O–H groups in total. The van der Waals surface area contributed by atoms with Crippen LogP contribution in [-0.2, 0) is 17.5 Å². The van der Waals surface area contributed by atoms with E-state index in [1.165, 1.54) is 6.07 Å². The Balaban J connectivity index is 2.01. The fraction of sp³-hybridized carbons (Fsp3) is 0.350. The molecule has 2 aromatic carbocycles. The molecule has 0 aliphatic rings. The second-order valence-corrected chi connectivity index (χ2v) is 6.20. The van der Waals surface area contributed by atoms with Gasteiger partial charge in [0.2, 0.25) is 0 Å². The average Bonchev–Trinajstić information content (AvgIpc) is 2.58. The fourth-order valence-electron chi connectivity index (χ4n) is 2.57. The van der Waals surface area contributed by atoms with Crippen molar-refractivity contribution in [2.45, 2.75) is 46.0 Å². The van der Waals surface area contributed by atoms with Crippen LogP contribution in [0.1, 0.15) is 35.6 Å². The highest BCUT2D eigenvalue weighted by atomic mass is 19.4. The lowest BCUT2D eigenvalue weighted by atomic mass is 10.1. The van der Waals surface area contributed by atoms with Crippen molar-refractivity contribution in [1.29, 1.82) is 0 Å². The summed E-state index contributed by atoms with van der Waals surface area (Å²) >= 11 is 0. The summed E-state index contributed by atoms with van der Waals surface area (Å²) < 4.78 is 44.0. The number of halogens is 3. The number of nitrogens with one attached hydrogen (secondary N) is 1. The van der Waals surface area contributed by atoms with Gasteiger partial charge in [0.25, 0.3) is 5.91 Å². The lowest BCUT2D eigenvalue weighted by Crippen LogP contribution is -2.37. The highest BCUT2D eigenvalue weighted by Gasteiger charge is 2.30. The molecule has 2 aromatic rings. The van der Waals surface area contributed by atoms with E-state index < -0.39 is 17.8 Å². The number of carbonyl (C=O) groups excluding carboxylic acids is 1. The Labute approximate surface area is 151 Å². The molecule has 0 aliphatic heterocycles. The lowest BCUT2D eigenvalue weighted by Gasteiger charge is -2.19. The molecule has 0 saturated carbocycles. The van der Waals surface area contributed by atoms with Gasteiger partial charge in [-0.3, -0.25) is 4.79 Å². The van der Waals surface area contributed by atoms with Gasteiger partial charge in [-0.15, -0.1) is 0 Å². The molecule has 26 heavy (non-hydrogen) atoms. The van der Waals surface area contributed by atoms with E-state index in [4.69, 9.17) is 4.74 Å². The van der Waals surface area contributed by atoms with Gasteiger partial charge in [-0.05, 0) is 49.6 Å². The Morgan fingerprint density at radius 2 is 1.88 bits per heavy atom. The zero-order chi connectivity index (χ0) is 19.3. The van der Waals surface area contributed by atoms with E-state index in [1.807, 2.05) is 39.0 Å². The largest absolute Gasteiger partial charge is 0.480 e. The minimum atomic E-state index is -4.40. The van der Waals surface area contributed by atoms with Gasteiger partial charge < -0.3 is 10.1 Å². The molecule has 0 heterocycles. The quantitative estimate of drug-likeness (QED) is 0.799. The minimum Gasteiger partial charge on any atom is -0.480 e. The Hall–Kier alpha value is -2.50. The van der Waals surface area contributed by atoms with Crippen molar-refractivity contribution in [3.05, 3.63) is 64.7 Å². The summed E-state index contributed by atoms with van der Waals surface area (Å²) in [4.78, 5) is 12.4. The third kappa shape index (κ3) is 5.25. The van der Waals surface area contributed by atoms with Crippen LogP contribution in [0.5, 0.6) is 5.75 Å². The molecule has 6 heteroatoms. The molecule has 0 bridgehead atoms. The molecule has 0 saturated heterocycles. The summed E-state index contributed by atoms with van der Waals surface area (Å²) in [6.45, 7) is 5.69. The van der Waals surface area contributed by atoms with Crippen LogP contribution in [0.2, 0.25) is 0 Å². The maximum Gasteiger partial charge on any atom is 0.416 e. The topological polar surface area (TPSA) is 38.3 Å². The first-order chi connectivity index (χ1) is 12.2. The van der Waals surface area contributed by atoms with E-state index in [1.54, 1.807) is 6.07 Å². The first-order valence-electron chi connectivity index (χ1n) is 8.38. The van der Waals surface area contributed by atoms with Crippen molar-refractivity contribution in [3.8, 4) is 5.75 Å². The molecule has 0 fully saturated rings. The van der Waals surface area contributed by atoms with Crippen molar-refractivity contribution in [2.75, 3.05) is 0 Å². The smallest absolute Gasteiger partial charge is 0.416 e. The molecule has 3 nitrogen and oxygen atoms in total. The van der Waals surface area contributed by atoms with Crippen molar-refractivity contribution in [1.82, 2.24) is 5.32 Å². The molecule has 140 valence electrons. The Morgan fingerprint density at radius 3 is 2.50 bits per heavy atom. The zero-order valence-corrected chi connectivity index (χ0v) is 15.0. The maximum atomic E-state index is 12.8. The zero-order valence-electron chi connectivity index (χ0n) is 15.0. The molecule has 0 aromatic heterocycles. The Morgan fingerprint density at radius 1 is 1.15 bits per heavy atom. The number of alkyl halides is 3. The maximum absolute atomic E-state index is 12.8. The van der Waals surface area contributed by atoms with Gasteiger partial charge in [-0.1, -0.05) is 36.8 Å². The summed E-state index contributed by atoms with van der Waals surface area (Å²) in [5.41, 5.74) is 1.67. The third-order valence-corrected chi connectivity index (χ3v) is 3.98. The van der Waals surface area contributed by atoms with Gasteiger partial charge in [0.05, 0.1) is 5.56 Å². The van der Waals surface area contributed by atoms with Gasteiger partial charge in [0, 0.05) is 6.54 Å². The lowest BCUT2D eigenvalue weighted by molar-refractivity contribution is -0.137. The van der Waals surface area contributed by atoms with Crippen LogP contribution in [0.4, 0.5) is 13.2 Å². The normalized spacial score (nSPS) is 12.5. The van der Waals surface area contributed by atoms with Gasteiger partial charge >= 0.3 is 6.18 Å². The first kappa shape index (κ1) is 19.8. The van der Waals surface area contributed by atoms with Crippen LogP contribution in [0.15, 0.2) is 42.5 Å². The Kier molecular flexibility index (Phi) is 6.29. The van der Waals surface area contributed by atoms with Crippen LogP contribution >= 0.6 is 0 Å². The molecule has 1 atom stereocenters. The molecule has 1 amide bonds. The minimum absolute atomic E-state index is 0.00942. The number of hydrogen-bond acceptors (Lipinski definition) is 2. The number of ether oxygens (including phenoxy) is 1. The van der Waals surface area contributed by atoms with Crippen molar-refractivity contribution < 1.29 is 22.7 Å². The van der Waals surface area contributed by atoms with E-state index in [2.05, 4.69) is 5.32 Å². The van der Waals surface area contributed by atoms with E-state index >= 15 is 0 Å². The second kappa shape index (κ2) is 8.25. The third-order valence-electron chi connectivity index (χ3n) is 3.98. The van der Waals surface area contributed by atoms with E-state index in [9.17, 15) is 18.0 Å². The van der Waals surface area contributed by atoms with E-state index in [-0.39, 0.29) is 12.5 Å². The summed E-state index contributed by atoms with van der Waals surface area (Å²) in [5.74, 6) is 0.265. The summed E-state index contributed by atoms with van der Waals surface area (Å²) in [5, 5.41) is 2.65. The first-order valence-corrected chi connectivity index (χ1v) is 8.38. The number of amides is 1. The van der Waals surface area contributed by atoms with Crippen molar-refractivity contribution in [3.63, 3.8) is 0 Å². The van der Waals surface area contributed by atoms with Crippen molar-refractivity contribution >= 4 is 5.91 Å². The summed E-state index contributed by atoms with van der Waals surface area (Å²) in [6, 6.07) is 10.6. The Bertz CT molecular complexity index is 772. The molecule has 0 spiro atoms. The number of benzene rings is 2. The number of carbonyl (C=O) groups is 1. The molecule has 0 unspecified atom stereocenters. The molecular weight excluding hydrogens is 343 g/mol. The fourth-order valence-corrected chi connectivity index (χ4v) is 2.57. The van der Waals surface area contributed by atoms with Gasteiger partial charge in [-0.25, -0.2) is 0 Å². The number of hydrogen-bond donors (Lipinski definition) is 1. The van der Waals surface area contributed by atoms with Crippen LogP contribution in [-0.4, -0.2) is 12.0 Å². The van der Waals surface area contributed by atoms with Crippen molar-refractivity contribution in [2.24, 2.45) is 0 Å². The van der Waals surface area contributed by atoms with E-state index in [0.717, 1.165) is 23.3 Å². The highest BCUT2D eigenvalue weighted by molar-refractivity contribution is 5.81. The number of aryl methyl sites for hydroxylation is 2. The molecular formula is C20H22F3NO2. The predicted octanol–water partition coefficient (Wildman–Crippen LogP) is 4.80. The monoisotopic (exact) mass is 365 g/mol. The standard InChI is InChI=1S/C20H22F3NO2/c1-4-17(26-18-9-8-13(2)10-14(18)3)19(25)24-12-15-6-5-7-16(11-15)20(21,22)23/h5-11,17H,4,12H2,1-3H3,(H,24,25)/t17-/m0/s1. The SMILES string of the molecule is CC[C@H](Oc1ccc(C)cc1C)C(=O)NCc1cccc(C(F)(F)F)c1. The van der Waals surface area contributed by atoms with E-state index in [0.29, 0.717) is 17.7 Å². The molecule has 2 rings (SSSR count). The van der Waals surface area contributed by atoms with Crippen LogP contribution in [0.3, 0.4) is 0 Å². The van der Waals surface area contributed by atoms with Gasteiger partial charge in [0.1, 0.15) is 5.75 Å². The van der Waals surface area contributed by atoms with Crippen LogP contribution in [0.25, 0.3) is 0 Å².